The van der Waals surface area contributed by atoms with Crippen molar-refractivity contribution in [3.05, 3.63) is 65.7 Å². The quantitative estimate of drug-likeness (QED) is 0.838. The molecule has 1 unspecified atom stereocenters. The molecule has 5 nitrogen and oxygen atoms in total. The lowest BCUT2D eigenvalue weighted by molar-refractivity contribution is -0.114. The Morgan fingerprint density at radius 3 is 2.23 bits per heavy atom. The molecule has 1 amide bonds. The average Bonchev–Trinajstić information content (AvgIpc) is 2.64. The third-order valence-corrected chi connectivity index (χ3v) is 4.76. The highest BCUT2D eigenvalue weighted by Gasteiger charge is 2.20. The van der Waals surface area contributed by atoms with Crippen LogP contribution in [0.5, 0.6) is 0 Å². The summed E-state index contributed by atoms with van der Waals surface area (Å²) in [6, 6.07) is 18.0. The van der Waals surface area contributed by atoms with Gasteiger partial charge in [-0.3, -0.25) is 14.6 Å². The lowest BCUT2D eigenvalue weighted by atomic mass is 10.1. The molecule has 2 N–H and O–H groups in total. The molecule has 1 aliphatic heterocycles. The maximum absolute atomic E-state index is 11.1. The highest BCUT2D eigenvalue weighted by atomic mass is 16.3. The minimum Gasteiger partial charge on any atom is -0.387 e. The van der Waals surface area contributed by atoms with E-state index >= 15 is 0 Å². The number of benzene rings is 2. The number of β-amino-alcohol motifs (C(OH)–C–C–N with tert-alkyl or cyclic N) is 1. The second-order valence-corrected chi connectivity index (χ2v) is 6.88. The number of carbonyl (C=O) groups excluding carboxylic acids is 1. The predicted octanol–water partition coefficient (Wildman–Crippen LogP) is 2.50. The van der Waals surface area contributed by atoms with E-state index in [1.54, 1.807) is 0 Å². The van der Waals surface area contributed by atoms with Gasteiger partial charge in [0, 0.05) is 51.9 Å². The number of carbonyl (C=O) groups is 1. The molecule has 1 fully saturated rings. The summed E-state index contributed by atoms with van der Waals surface area (Å²) in [6.07, 6.45) is -0.512. The first-order chi connectivity index (χ1) is 12.6. The van der Waals surface area contributed by atoms with Gasteiger partial charge in [0.1, 0.15) is 0 Å². The minimum absolute atomic E-state index is 0.0910. The molecule has 1 atom stereocenters. The summed E-state index contributed by atoms with van der Waals surface area (Å²) < 4.78 is 0. The van der Waals surface area contributed by atoms with Crippen molar-refractivity contribution < 1.29 is 9.90 Å². The molecule has 5 heteroatoms. The van der Waals surface area contributed by atoms with E-state index in [1.807, 2.05) is 30.3 Å². The van der Waals surface area contributed by atoms with Crippen molar-refractivity contribution in [2.75, 3.05) is 38.0 Å². The van der Waals surface area contributed by atoms with Gasteiger partial charge < -0.3 is 10.4 Å². The molecule has 2 aromatic rings. The van der Waals surface area contributed by atoms with E-state index in [9.17, 15) is 9.90 Å². The van der Waals surface area contributed by atoms with Gasteiger partial charge in [0.25, 0.3) is 0 Å². The molecule has 26 heavy (non-hydrogen) atoms. The molecule has 0 bridgehead atoms. The van der Waals surface area contributed by atoms with Gasteiger partial charge in [0.05, 0.1) is 6.10 Å². The van der Waals surface area contributed by atoms with Crippen molar-refractivity contribution in [2.45, 2.75) is 19.6 Å². The molecule has 2 aromatic carbocycles. The van der Waals surface area contributed by atoms with E-state index in [0.29, 0.717) is 6.54 Å². The average molecular weight is 353 g/mol. The van der Waals surface area contributed by atoms with E-state index in [-0.39, 0.29) is 5.91 Å². The standard InChI is InChI=1S/C21H27N3O2/c1-17(25)22-20-9-7-19(8-10-20)21(26)16-24-13-11-23(12-14-24)15-18-5-3-2-4-6-18/h2-10,21,26H,11-16H2,1H3,(H,22,25). The third-order valence-electron chi connectivity index (χ3n) is 4.76. The molecular weight excluding hydrogens is 326 g/mol. The molecule has 0 radical (unpaired) electrons. The number of hydrogen-bond acceptors (Lipinski definition) is 4. The second-order valence-electron chi connectivity index (χ2n) is 6.88. The molecule has 1 heterocycles. The Labute approximate surface area is 155 Å². The molecule has 3 rings (SSSR count). The summed E-state index contributed by atoms with van der Waals surface area (Å²) in [5.41, 5.74) is 2.98. The van der Waals surface area contributed by atoms with Crippen LogP contribution < -0.4 is 5.32 Å². The molecule has 0 spiro atoms. The number of nitrogens with one attached hydrogen (secondary N) is 1. The number of piperazine rings is 1. The van der Waals surface area contributed by atoms with Crippen LogP contribution in [-0.4, -0.2) is 53.5 Å². The van der Waals surface area contributed by atoms with Crippen LogP contribution in [0.15, 0.2) is 54.6 Å². The third kappa shape index (κ3) is 5.39. The maximum Gasteiger partial charge on any atom is 0.221 e. The predicted molar refractivity (Wildman–Crippen MR) is 104 cm³/mol. The number of hydrogen-bond donors (Lipinski definition) is 2. The number of anilines is 1. The summed E-state index contributed by atoms with van der Waals surface area (Å²) in [7, 11) is 0. The molecule has 0 aromatic heterocycles. The Hall–Kier alpha value is -2.21. The second kappa shape index (κ2) is 8.94. The highest BCUT2D eigenvalue weighted by molar-refractivity contribution is 5.88. The van der Waals surface area contributed by atoms with Crippen molar-refractivity contribution in [1.82, 2.24) is 9.80 Å². The summed E-state index contributed by atoms with van der Waals surface area (Å²) in [5.74, 6) is -0.0910. The fourth-order valence-corrected chi connectivity index (χ4v) is 3.31. The largest absolute Gasteiger partial charge is 0.387 e. The Balaban J connectivity index is 1.45. The first kappa shape index (κ1) is 18.6. The van der Waals surface area contributed by atoms with Gasteiger partial charge in [-0.25, -0.2) is 0 Å². The zero-order valence-electron chi connectivity index (χ0n) is 15.3. The van der Waals surface area contributed by atoms with Crippen LogP contribution in [0.25, 0.3) is 0 Å². The number of aliphatic hydroxyl groups excluding tert-OH is 1. The van der Waals surface area contributed by atoms with Gasteiger partial charge in [-0.1, -0.05) is 42.5 Å². The van der Waals surface area contributed by atoms with Gasteiger partial charge >= 0.3 is 0 Å². The molecule has 138 valence electrons. The monoisotopic (exact) mass is 353 g/mol. The molecule has 1 saturated heterocycles. The van der Waals surface area contributed by atoms with Gasteiger partial charge in [-0.05, 0) is 23.3 Å². The number of amides is 1. The van der Waals surface area contributed by atoms with E-state index < -0.39 is 6.10 Å². The fourth-order valence-electron chi connectivity index (χ4n) is 3.31. The zero-order chi connectivity index (χ0) is 18.4. The number of aliphatic hydroxyl groups is 1. The van der Waals surface area contributed by atoms with Gasteiger partial charge in [0.2, 0.25) is 5.91 Å². The van der Waals surface area contributed by atoms with E-state index in [4.69, 9.17) is 0 Å². The summed E-state index contributed by atoms with van der Waals surface area (Å²) in [6.45, 7) is 7.08. The van der Waals surface area contributed by atoms with Gasteiger partial charge in [-0.2, -0.15) is 0 Å². The highest BCUT2D eigenvalue weighted by Crippen LogP contribution is 2.18. The number of rotatable bonds is 6. The first-order valence-electron chi connectivity index (χ1n) is 9.14. The van der Waals surface area contributed by atoms with Crippen LogP contribution in [0, 0.1) is 0 Å². The van der Waals surface area contributed by atoms with Crippen molar-refractivity contribution in [2.24, 2.45) is 0 Å². The SMILES string of the molecule is CC(=O)Nc1ccc(C(O)CN2CCN(Cc3ccccc3)CC2)cc1. The minimum atomic E-state index is -0.512. The normalized spacial score (nSPS) is 17.0. The van der Waals surface area contributed by atoms with Crippen molar-refractivity contribution in [1.29, 1.82) is 0 Å². The van der Waals surface area contributed by atoms with Crippen LogP contribution in [-0.2, 0) is 11.3 Å². The van der Waals surface area contributed by atoms with Crippen molar-refractivity contribution >= 4 is 11.6 Å². The summed E-state index contributed by atoms with van der Waals surface area (Å²) >= 11 is 0. The smallest absolute Gasteiger partial charge is 0.221 e. The van der Waals surface area contributed by atoms with Crippen LogP contribution in [0.4, 0.5) is 5.69 Å². The first-order valence-corrected chi connectivity index (χ1v) is 9.14. The van der Waals surface area contributed by atoms with Crippen LogP contribution in [0.1, 0.15) is 24.2 Å². The Kier molecular flexibility index (Phi) is 6.39. The van der Waals surface area contributed by atoms with E-state index in [0.717, 1.165) is 44.0 Å². The lowest BCUT2D eigenvalue weighted by Gasteiger charge is -2.35. The Bertz CT molecular complexity index is 695. The van der Waals surface area contributed by atoms with Crippen molar-refractivity contribution in [3.63, 3.8) is 0 Å². The van der Waals surface area contributed by atoms with Gasteiger partial charge in [-0.15, -0.1) is 0 Å². The van der Waals surface area contributed by atoms with Crippen LogP contribution in [0.3, 0.4) is 0 Å². The fraction of sp³-hybridized carbons (Fsp3) is 0.381. The van der Waals surface area contributed by atoms with Crippen LogP contribution >= 0.6 is 0 Å². The Morgan fingerprint density at radius 2 is 1.62 bits per heavy atom. The van der Waals surface area contributed by atoms with E-state index in [1.165, 1.54) is 12.5 Å². The molecule has 1 aliphatic rings. The lowest BCUT2D eigenvalue weighted by Crippen LogP contribution is -2.47. The topological polar surface area (TPSA) is 55.8 Å². The van der Waals surface area contributed by atoms with Crippen molar-refractivity contribution in [3.8, 4) is 0 Å². The summed E-state index contributed by atoms with van der Waals surface area (Å²) in [5, 5.41) is 13.2. The van der Waals surface area contributed by atoms with E-state index in [2.05, 4.69) is 39.4 Å². The Morgan fingerprint density at radius 1 is 1.00 bits per heavy atom. The van der Waals surface area contributed by atoms with Gasteiger partial charge in [0.15, 0.2) is 0 Å². The molecular formula is C21H27N3O2. The van der Waals surface area contributed by atoms with Crippen LogP contribution in [0.2, 0.25) is 0 Å². The summed E-state index contributed by atoms with van der Waals surface area (Å²) in [4.78, 5) is 15.8. The zero-order valence-corrected chi connectivity index (χ0v) is 15.3. The maximum atomic E-state index is 11.1. The number of nitrogens with zero attached hydrogens (tertiary/aromatic N) is 2. The molecule has 0 saturated carbocycles. The molecule has 0 aliphatic carbocycles.